The standard InChI is InChI=1S/C11H19N5O2S/c1-3-15-6-9(12-8-4-5-8)16(17,7-15)10-13-14-11(18-2)19-10/h8-9,12H,3-7H2,1-2H3. The Hall–Kier alpha value is -0.800. The summed E-state index contributed by atoms with van der Waals surface area (Å²) in [5, 5.41) is 25.5. The van der Waals surface area contributed by atoms with Crippen LogP contribution >= 0.6 is 11.3 Å². The summed E-state index contributed by atoms with van der Waals surface area (Å²) >= 11 is 1.24. The van der Waals surface area contributed by atoms with E-state index in [4.69, 9.17) is 4.74 Å². The molecule has 1 N–H and O–H groups in total. The van der Waals surface area contributed by atoms with Crippen LogP contribution in [0.5, 0.6) is 5.19 Å². The van der Waals surface area contributed by atoms with Gasteiger partial charge in [0.2, 0.25) is 0 Å². The molecular weight excluding hydrogens is 266 g/mol. The summed E-state index contributed by atoms with van der Waals surface area (Å²) in [6.45, 7) is 4.14. The van der Waals surface area contributed by atoms with Crippen molar-refractivity contribution in [3.8, 4) is 5.19 Å². The molecule has 0 aromatic carbocycles. The van der Waals surface area contributed by atoms with Crippen molar-refractivity contribution in [3.05, 3.63) is 5.21 Å². The van der Waals surface area contributed by atoms with Gasteiger partial charge >= 0.3 is 5.13 Å². The molecule has 1 aromatic heterocycles. The Balaban J connectivity index is 1.84. The Bertz CT molecular complexity index is 452. The topological polar surface area (TPSA) is 73.3 Å². The van der Waals surface area contributed by atoms with Gasteiger partial charge in [-0.3, -0.25) is 9.96 Å². The molecule has 2 unspecified atom stereocenters. The number of hydrogen-bond donors (Lipinski definition) is 1. The maximum atomic E-state index is 13.2. The first-order valence-corrected chi connectivity index (χ1v) is 7.42. The van der Waals surface area contributed by atoms with Gasteiger partial charge in [0.25, 0.3) is 5.19 Å². The number of nitrogens with one attached hydrogen (secondary N) is 1. The molecule has 1 aliphatic carbocycles. The van der Waals surface area contributed by atoms with Crippen LogP contribution in [-0.2, 0) is 0 Å². The van der Waals surface area contributed by atoms with Gasteiger partial charge in [0.1, 0.15) is 6.67 Å². The number of ether oxygens (including phenoxy) is 1. The van der Waals surface area contributed by atoms with Gasteiger partial charge in [-0.15, -0.1) is 0 Å². The monoisotopic (exact) mass is 285 g/mol. The van der Waals surface area contributed by atoms with Crippen molar-refractivity contribution >= 4 is 16.5 Å². The molecule has 2 atom stereocenters. The number of methoxy groups -OCH3 is 1. The molecule has 2 heterocycles. The maximum Gasteiger partial charge on any atom is 0.312 e. The Kier molecular flexibility index (Phi) is 3.44. The van der Waals surface area contributed by atoms with Gasteiger partial charge in [-0.25, -0.2) is 4.90 Å². The lowest BCUT2D eigenvalue weighted by Gasteiger charge is -2.39. The highest BCUT2D eigenvalue weighted by atomic mass is 32.1. The summed E-state index contributed by atoms with van der Waals surface area (Å²) in [6, 6.07) is 0.503. The molecule has 1 saturated heterocycles. The van der Waals surface area contributed by atoms with Crippen LogP contribution in [0.4, 0.5) is 5.13 Å². The Morgan fingerprint density at radius 1 is 1.53 bits per heavy atom. The summed E-state index contributed by atoms with van der Waals surface area (Å²) in [5.41, 5.74) is 0. The second-order valence-electron chi connectivity index (χ2n) is 5.12. The smallest absolute Gasteiger partial charge is 0.312 e. The van der Waals surface area contributed by atoms with Gasteiger partial charge in [0.15, 0.2) is 6.17 Å². The summed E-state index contributed by atoms with van der Waals surface area (Å²) in [6.07, 6.45) is 2.19. The van der Waals surface area contributed by atoms with Gasteiger partial charge in [-0.1, -0.05) is 17.1 Å². The van der Waals surface area contributed by atoms with E-state index in [0.29, 0.717) is 23.0 Å². The zero-order valence-electron chi connectivity index (χ0n) is 11.2. The predicted octanol–water partition coefficient (Wildman–Crippen LogP) is 0.723. The summed E-state index contributed by atoms with van der Waals surface area (Å²) in [4.78, 5) is 2.15. The van der Waals surface area contributed by atoms with Gasteiger partial charge in [0.05, 0.1) is 13.7 Å². The zero-order valence-corrected chi connectivity index (χ0v) is 12.0. The van der Waals surface area contributed by atoms with Crippen LogP contribution in [0.15, 0.2) is 0 Å². The van der Waals surface area contributed by atoms with Crippen molar-refractivity contribution < 1.29 is 4.74 Å². The summed E-state index contributed by atoms with van der Waals surface area (Å²) in [7, 11) is 1.54. The number of likely N-dealkylation sites (N-methyl/N-ethyl adjacent to an activating group) is 1. The molecule has 106 valence electrons. The maximum absolute atomic E-state index is 13.2. The van der Waals surface area contributed by atoms with Crippen LogP contribution in [0.1, 0.15) is 19.8 Å². The lowest BCUT2D eigenvalue weighted by Crippen LogP contribution is -2.56. The average Bonchev–Trinajstić information content (AvgIpc) is 2.98. The first-order chi connectivity index (χ1) is 9.15. The van der Waals surface area contributed by atoms with E-state index in [-0.39, 0.29) is 6.17 Å². The molecule has 1 saturated carbocycles. The number of rotatable bonds is 5. The van der Waals surface area contributed by atoms with E-state index in [1.807, 2.05) is 0 Å². The SMILES string of the molecule is CCN1CC(NC2CC2)[N+]([O-])(c2nnc(OC)s2)C1. The van der Waals surface area contributed by atoms with Gasteiger partial charge in [-0.05, 0) is 12.8 Å². The third kappa shape index (κ3) is 2.46. The van der Waals surface area contributed by atoms with Gasteiger partial charge < -0.3 is 9.94 Å². The van der Waals surface area contributed by atoms with Crippen molar-refractivity contribution in [2.45, 2.75) is 32.0 Å². The molecule has 2 aliphatic rings. The largest absolute Gasteiger partial charge is 0.623 e. The molecule has 0 spiro atoms. The van der Waals surface area contributed by atoms with Gasteiger partial charge in [-0.2, -0.15) is 0 Å². The Morgan fingerprint density at radius 3 is 2.89 bits per heavy atom. The average molecular weight is 285 g/mol. The fraction of sp³-hybridized carbons (Fsp3) is 0.818. The lowest BCUT2D eigenvalue weighted by atomic mass is 10.4. The second-order valence-corrected chi connectivity index (χ2v) is 6.04. The first-order valence-electron chi connectivity index (χ1n) is 6.61. The van der Waals surface area contributed by atoms with Crippen molar-refractivity contribution in [1.29, 1.82) is 0 Å². The molecule has 1 aliphatic heterocycles. The highest BCUT2D eigenvalue weighted by molar-refractivity contribution is 7.16. The number of hydroxylamine groups is 2. The quantitative estimate of drug-likeness (QED) is 0.635. The number of hydrogen-bond acceptors (Lipinski definition) is 7. The summed E-state index contributed by atoms with van der Waals surface area (Å²) < 4.78 is 4.59. The van der Waals surface area contributed by atoms with E-state index in [2.05, 4.69) is 27.3 Å². The molecule has 0 radical (unpaired) electrons. The van der Waals surface area contributed by atoms with Crippen molar-refractivity contribution in [3.63, 3.8) is 0 Å². The van der Waals surface area contributed by atoms with E-state index < -0.39 is 4.65 Å². The third-order valence-corrected chi connectivity index (χ3v) is 4.69. The van der Waals surface area contributed by atoms with Crippen LogP contribution in [0.25, 0.3) is 0 Å². The second kappa shape index (κ2) is 4.95. The van der Waals surface area contributed by atoms with Crippen LogP contribution < -0.4 is 14.7 Å². The fourth-order valence-electron chi connectivity index (χ4n) is 2.39. The van der Waals surface area contributed by atoms with Crippen LogP contribution in [0, 0.1) is 5.21 Å². The van der Waals surface area contributed by atoms with Crippen molar-refractivity contribution in [2.24, 2.45) is 0 Å². The van der Waals surface area contributed by atoms with Crippen molar-refractivity contribution in [1.82, 2.24) is 25.1 Å². The van der Waals surface area contributed by atoms with Crippen LogP contribution in [-0.4, -0.2) is 54.2 Å². The summed E-state index contributed by atoms with van der Waals surface area (Å²) in [5.74, 6) is 0. The lowest BCUT2D eigenvalue weighted by molar-refractivity contribution is 0.275. The Labute approximate surface area is 116 Å². The highest BCUT2D eigenvalue weighted by Gasteiger charge is 2.45. The molecule has 0 amide bonds. The predicted molar refractivity (Wildman–Crippen MR) is 73.7 cm³/mol. The van der Waals surface area contributed by atoms with Gasteiger partial charge in [0, 0.05) is 23.9 Å². The molecule has 1 aromatic rings. The minimum absolute atomic E-state index is 0.148. The van der Waals surface area contributed by atoms with E-state index in [1.165, 1.54) is 24.2 Å². The third-order valence-electron chi connectivity index (χ3n) is 3.69. The molecular formula is C11H19N5O2S. The number of quaternary nitrogens is 1. The normalized spacial score (nSPS) is 31.8. The number of nitrogens with zero attached hydrogens (tertiary/aromatic N) is 4. The van der Waals surface area contributed by atoms with E-state index >= 15 is 0 Å². The van der Waals surface area contributed by atoms with E-state index in [9.17, 15) is 5.21 Å². The first kappa shape index (κ1) is 13.2. The highest BCUT2D eigenvalue weighted by Crippen LogP contribution is 2.36. The number of aromatic nitrogens is 2. The Morgan fingerprint density at radius 2 is 2.32 bits per heavy atom. The van der Waals surface area contributed by atoms with Crippen LogP contribution in [0.3, 0.4) is 0 Å². The van der Waals surface area contributed by atoms with Crippen molar-refractivity contribution in [2.75, 3.05) is 26.9 Å². The molecule has 19 heavy (non-hydrogen) atoms. The molecule has 2 fully saturated rings. The van der Waals surface area contributed by atoms with E-state index in [0.717, 1.165) is 13.1 Å². The van der Waals surface area contributed by atoms with Crippen LogP contribution in [0.2, 0.25) is 0 Å². The molecule has 3 rings (SSSR count). The van der Waals surface area contributed by atoms with E-state index in [1.54, 1.807) is 7.11 Å². The zero-order chi connectivity index (χ0) is 13.5. The fourth-order valence-corrected chi connectivity index (χ4v) is 3.13. The minimum atomic E-state index is -0.453. The molecule has 8 heteroatoms. The minimum Gasteiger partial charge on any atom is -0.623 e. The molecule has 0 bridgehead atoms. The molecule has 7 nitrogen and oxygen atoms in total.